The average Bonchev–Trinajstić information content (AvgIpc) is 3.54. The summed E-state index contributed by atoms with van der Waals surface area (Å²) in [6, 6.07) is 9.91. The van der Waals surface area contributed by atoms with Crippen LogP contribution < -0.4 is 16.3 Å². The molecule has 2 N–H and O–H groups in total. The molecule has 1 aromatic carbocycles. The Labute approximate surface area is 162 Å². The quantitative estimate of drug-likeness (QED) is 0.689. The number of carbonyl (C=O) groups is 1. The van der Waals surface area contributed by atoms with Crippen LogP contribution in [0.2, 0.25) is 0 Å². The van der Waals surface area contributed by atoms with Gasteiger partial charge in [0.2, 0.25) is 5.91 Å². The van der Waals surface area contributed by atoms with E-state index in [0.29, 0.717) is 24.7 Å². The molecular weight excluding hydrogens is 354 g/mol. The number of nitrogens with zero attached hydrogens (tertiary/aromatic N) is 3. The van der Waals surface area contributed by atoms with Crippen LogP contribution in [0.3, 0.4) is 0 Å². The Hall–Kier alpha value is -3.22. The van der Waals surface area contributed by atoms with Crippen molar-refractivity contribution in [1.29, 1.82) is 0 Å². The van der Waals surface area contributed by atoms with Gasteiger partial charge in [-0.15, -0.1) is 0 Å². The monoisotopic (exact) mass is 377 g/mol. The molecule has 0 bridgehead atoms. The van der Waals surface area contributed by atoms with E-state index in [4.69, 9.17) is 0 Å². The van der Waals surface area contributed by atoms with Crippen molar-refractivity contribution in [2.75, 3.05) is 18.9 Å². The number of hydrogen-bond acceptors (Lipinski definition) is 5. The van der Waals surface area contributed by atoms with Crippen LogP contribution in [-0.2, 0) is 4.79 Å². The van der Waals surface area contributed by atoms with Crippen LogP contribution in [0.4, 0.5) is 5.82 Å². The molecule has 7 heteroatoms. The van der Waals surface area contributed by atoms with Crippen LogP contribution in [0.5, 0.6) is 0 Å². The molecule has 0 spiro atoms. The van der Waals surface area contributed by atoms with Crippen molar-refractivity contribution in [3.8, 4) is 5.69 Å². The summed E-state index contributed by atoms with van der Waals surface area (Å²) >= 11 is 0. The van der Waals surface area contributed by atoms with E-state index in [1.807, 2.05) is 25.1 Å². The Balaban J connectivity index is 1.85. The van der Waals surface area contributed by atoms with Crippen LogP contribution in [-0.4, -0.2) is 34.0 Å². The van der Waals surface area contributed by atoms with Crippen LogP contribution in [0.15, 0.2) is 41.3 Å². The summed E-state index contributed by atoms with van der Waals surface area (Å²) in [5.74, 6) is 1.01. The van der Waals surface area contributed by atoms with E-state index in [1.165, 1.54) is 18.4 Å². The molecule has 0 saturated heterocycles. The van der Waals surface area contributed by atoms with E-state index in [2.05, 4.69) is 32.7 Å². The van der Waals surface area contributed by atoms with Crippen LogP contribution in [0.25, 0.3) is 16.6 Å². The number of rotatable bonds is 6. The number of aryl methyl sites for hydroxylation is 1. The second kappa shape index (κ2) is 7.42. The highest BCUT2D eigenvalue weighted by Crippen LogP contribution is 2.41. The van der Waals surface area contributed by atoms with Crippen molar-refractivity contribution in [1.82, 2.24) is 19.9 Å². The number of carbonyl (C=O) groups excluding carboxylic acids is 1. The highest BCUT2D eigenvalue weighted by Gasteiger charge is 2.24. The smallest absolute Gasteiger partial charge is 0.354 e. The standard InChI is InChI=1S/C21H23N5O2/c1-13-17(4-3-10-23-13)26-18-12-15(14-5-6-14)7-8-16(18)20(25-21(26)28)24-11-9-19(27)22-2/h3-4,7-8,10,12,14H,5-6,9,11H2,1-2H3,(H,22,27)(H,24,25,28). The molecule has 2 heterocycles. The highest BCUT2D eigenvalue weighted by molar-refractivity contribution is 5.91. The Bertz CT molecular complexity index is 1100. The maximum Gasteiger partial charge on any atom is 0.354 e. The normalized spacial score (nSPS) is 13.5. The molecule has 0 aliphatic heterocycles. The number of aromatic nitrogens is 3. The van der Waals surface area contributed by atoms with Crippen LogP contribution in [0.1, 0.15) is 36.4 Å². The first kappa shape index (κ1) is 18.2. The van der Waals surface area contributed by atoms with Gasteiger partial charge in [0.25, 0.3) is 0 Å². The van der Waals surface area contributed by atoms with E-state index in [1.54, 1.807) is 17.8 Å². The van der Waals surface area contributed by atoms with Gasteiger partial charge < -0.3 is 10.6 Å². The maximum absolute atomic E-state index is 13.0. The third-order valence-corrected chi connectivity index (χ3v) is 5.11. The zero-order valence-corrected chi connectivity index (χ0v) is 16.0. The van der Waals surface area contributed by atoms with Gasteiger partial charge in [-0.05, 0) is 55.5 Å². The largest absolute Gasteiger partial charge is 0.369 e. The predicted octanol–water partition coefficient (Wildman–Crippen LogP) is 2.51. The Morgan fingerprint density at radius 1 is 1.29 bits per heavy atom. The number of pyridine rings is 1. The minimum atomic E-state index is -0.362. The van der Waals surface area contributed by atoms with Gasteiger partial charge >= 0.3 is 5.69 Å². The Morgan fingerprint density at radius 3 is 2.82 bits per heavy atom. The van der Waals surface area contributed by atoms with E-state index < -0.39 is 0 Å². The molecule has 4 rings (SSSR count). The topological polar surface area (TPSA) is 88.9 Å². The number of fused-ring (bicyclic) bond motifs is 1. The second-order valence-corrected chi connectivity index (χ2v) is 7.09. The molecule has 7 nitrogen and oxygen atoms in total. The first-order valence-corrected chi connectivity index (χ1v) is 9.51. The molecule has 0 atom stereocenters. The van der Waals surface area contributed by atoms with E-state index in [0.717, 1.165) is 22.3 Å². The van der Waals surface area contributed by atoms with Gasteiger partial charge in [-0.3, -0.25) is 14.3 Å². The Kier molecular flexibility index (Phi) is 4.81. The molecule has 2 aromatic heterocycles. The van der Waals surface area contributed by atoms with Crippen molar-refractivity contribution in [2.24, 2.45) is 0 Å². The van der Waals surface area contributed by atoms with E-state index in [-0.39, 0.29) is 11.6 Å². The first-order valence-electron chi connectivity index (χ1n) is 9.51. The molecule has 3 aromatic rings. The van der Waals surface area contributed by atoms with Crippen molar-refractivity contribution < 1.29 is 4.79 Å². The third-order valence-electron chi connectivity index (χ3n) is 5.11. The lowest BCUT2D eigenvalue weighted by molar-refractivity contribution is -0.120. The third kappa shape index (κ3) is 3.47. The average molecular weight is 377 g/mol. The summed E-state index contributed by atoms with van der Waals surface area (Å²) in [6.07, 6.45) is 4.39. The fourth-order valence-electron chi connectivity index (χ4n) is 3.41. The highest BCUT2D eigenvalue weighted by atomic mass is 16.2. The van der Waals surface area contributed by atoms with Gasteiger partial charge in [-0.1, -0.05) is 6.07 Å². The summed E-state index contributed by atoms with van der Waals surface area (Å²) in [5.41, 5.74) is 3.19. The molecule has 0 unspecified atom stereocenters. The molecule has 1 fully saturated rings. The molecule has 0 radical (unpaired) electrons. The summed E-state index contributed by atoms with van der Waals surface area (Å²) < 4.78 is 1.63. The number of nitrogens with one attached hydrogen (secondary N) is 2. The summed E-state index contributed by atoms with van der Waals surface area (Å²) in [4.78, 5) is 33.0. The lowest BCUT2D eigenvalue weighted by Crippen LogP contribution is -2.26. The fraction of sp³-hybridized carbons (Fsp3) is 0.333. The van der Waals surface area contributed by atoms with Crippen molar-refractivity contribution >= 4 is 22.6 Å². The second-order valence-electron chi connectivity index (χ2n) is 7.09. The van der Waals surface area contributed by atoms with Crippen molar-refractivity contribution in [3.63, 3.8) is 0 Å². The van der Waals surface area contributed by atoms with Gasteiger partial charge in [-0.25, -0.2) is 4.79 Å². The van der Waals surface area contributed by atoms with Gasteiger partial charge in [0, 0.05) is 31.6 Å². The molecule has 1 amide bonds. The number of benzene rings is 1. The molecule has 1 saturated carbocycles. The Morgan fingerprint density at radius 2 is 2.11 bits per heavy atom. The van der Waals surface area contributed by atoms with Gasteiger partial charge in [0.15, 0.2) is 0 Å². The van der Waals surface area contributed by atoms with Gasteiger partial charge in [0.05, 0.1) is 16.9 Å². The molecule has 1 aliphatic rings. The summed E-state index contributed by atoms with van der Waals surface area (Å²) in [5, 5.41) is 6.59. The summed E-state index contributed by atoms with van der Waals surface area (Å²) in [7, 11) is 1.60. The van der Waals surface area contributed by atoms with E-state index in [9.17, 15) is 9.59 Å². The van der Waals surface area contributed by atoms with Crippen molar-refractivity contribution in [3.05, 3.63) is 58.3 Å². The van der Waals surface area contributed by atoms with Crippen molar-refractivity contribution in [2.45, 2.75) is 32.1 Å². The zero-order valence-electron chi connectivity index (χ0n) is 16.0. The number of anilines is 1. The fourth-order valence-corrected chi connectivity index (χ4v) is 3.41. The molecule has 1 aliphatic carbocycles. The van der Waals surface area contributed by atoms with Crippen LogP contribution in [0, 0.1) is 6.92 Å². The molecular formula is C21H23N5O2. The molecule has 28 heavy (non-hydrogen) atoms. The lowest BCUT2D eigenvalue weighted by atomic mass is 10.1. The number of amides is 1. The lowest BCUT2D eigenvalue weighted by Gasteiger charge is -2.16. The van der Waals surface area contributed by atoms with Gasteiger partial charge in [0.1, 0.15) is 5.82 Å². The maximum atomic E-state index is 13.0. The zero-order chi connectivity index (χ0) is 19.7. The van der Waals surface area contributed by atoms with E-state index >= 15 is 0 Å². The summed E-state index contributed by atoms with van der Waals surface area (Å²) in [6.45, 7) is 2.29. The minimum absolute atomic E-state index is 0.0628. The first-order chi connectivity index (χ1) is 13.6. The SMILES string of the molecule is CNC(=O)CCNc1nc(=O)n(-c2cccnc2C)c2cc(C3CC3)ccc12. The van der Waals surface area contributed by atoms with Gasteiger partial charge in [-0.2, -0.15) is 4.98 Å². The predicted molar refractivity (Wildman–Crippen MR) is 109 cm³/mol. The molecule has 144 valence electrons. The van der Waals surface area contributed by atoms with Crippen LogP contribution >= 0.6 is 0 Å². The minimum Gasteiger partial charge on any atom is -0.369 e. The number of hydrogen-bond donors (Lipinski definition) is 2.